The molecule has 0 unspecified atom stereocenters. The van der Waals surface area contributed by atoms with Gasteiger partial charge < -0.3 is 9.84 Å². The van der Waals surface area contributed by atoms with Gasteiger partial charge >= 0.3 is 11.9 Å². The molecule has 1 N–H and O–H groups in total. The van der Waals surface area contributed by atoms with Gasteiger partial charge in [0.25, 0.3) is 0 Å². The van der Waals surface area contributed by atoms with Gasteiger partial charge in [0, 0.05) is 5.39 Å². The lowest BCUT2D eigenvalue weighted by Gasteiger charge is -2.05. The molecule has 0 aliphatic heterocycles. The average Bonchev–Trinajstić information content (AvgIpc) is 2.43. The van der Waals surface area contributed by atoms with Crippen LogP contribution in [0.3, 0.4) is 0 Å². The van der Waals surface area contributed by atoms with Crippen LogP contribution in [0.15, 0.2) is 29.3 Å². The fraction of sp³-hybridized carbons (Fsp3) is 0.167. The van der Waals surface area contributed by atoms with Crippen molar-refractivity contribution in [1.29, 1.82) is 0 Å². The van der Waals surface area contributed by atoms with Gasteiger partial charge in [0.1, 0.15) is 5.03 Å². The van der Waals surface area contributed by atoms with Gasteiger partial charge in [0.05, 0.1) is 18.4 Å². The second-order valence-electron chi connectivity index (χ2n) is 3.54. The molecule has 0 amide bonds. The number of aromatic carboxylic acids is 1. The van der Waals surface area contributed by atoms with Crippen LogP contribution < -0.4 is 0 Å². The van der Waals surface area contributed by atoms with Crippen LogP contribution in [0.1, 0.15) is 10.6 Å². The zero-order valence-corrected chi connectivity index (χ0v) is 10.8. The highest BCUT2D eigenvalue weighted by atomic mass is 32.2. The zero-order chi connectivity index (χ0) is 13.8. The van der Waals surface area contributed by atoms with Crippen LogP contribution in [-0.4, -0.2) is 39.9 Å². The van der Waals surface area contributed by atoms with E-state index >= 15 is 0 Å². The number of carbonyl (C=O) groups excluding carboxylic acids is 1. The number of carboxylic acids is 1. The second-order valence-corrected chi connectivity index (χ2v) is 4.50. The highest BCUT2D eigenvalue weighted by Gasteiger charge is 2.14. The summed E-state index contributed by atoms with van der Waals surface area (Å²) in [7, 11) is 1.30. The molecule has 2 rings (SSSR count). The van der Waals surface area contributed by atoms with Crippen LogP contribution in [0.25, 0.3) is 10.9 Å². The molecule has 0 bridgehead atoms. The first-order chi connectivity index (χ1) is 9.11. The Kier molecular flexibility index (Phi) is 3.96. The fourth-order valence-electron chi connectivity index (χ4n) is 1.44. The van der Waals surface area contributed by atoms with Gasteiger partial charge in [-0.25, -0.2) is 14.8 Å². The van der Waals surface area contributed by atoms with E-state index in [4.69, 9.17) is 5.11 Å². The lowest BCUT2D eigenvalue weighted by atomic mass is 10.2. The first kappa shape index (κ1) is 13.3. The number of carbonyl (C=O) groups is 2. The van der Waals surface area contributed by atoms with E-state index in [9.17, 15) is 9.59 Å². The third kappa shape index (κ3) is 3.00. The van der Waals surface area contributed by atoms with Crippen LogP contribution in [-0.2, 0) is 9.53 Å². The van der Waals surface area contributed by atoms with Crippen molar-refractivity contribution in [3.63, 3.8) is 0 Å². The summed E-state index contributed by atoms with van der Waals surface area (Å²) < 4.78 is 4.54. The first-order valence-corrected chi connectivity index (χ1v) is 6.30. The number of esters is 1. The molecule has 1 aromatic heterocycles. The van der Waals surface area contributed by atoms with E-state index in [0.29, 0.717) is 15.9 Å². The molecule has 0 aliphatic rings. The van der Waals surface area contributed by atoms with Crippen molar-refractivity contribution in [2.75, 3.05) is 12.9 Å². The Hall–Kier alpha value is -2.15. The third-order valence-corrected chi connectivity index (χ3v) is 3.28. The third-order valence-electron chi connectivity index (χ3n) is 2.31. The van der Waals surface area contributed by atoms with Gasteiger partial charge in [-0.05, 0) is 6.07 Å². The summed E-state index contributed by atoms with van der Waals surface area (Å²) in [5.41, 5.74) is 0.530. The minimum Gasteiger partial charge on any atom is -0.475 e. The minimum atomic E-state index is -1.20. The van der Waals surface area contributed by atoms with Crippen LogP contribution in [0, 0.1) is 0 Å². The Labute approximate surface area is 112 Å². The number of fused-ring (bicyclic) bond motifs is 1. The molecule has 0 atom stereocenters. The Balaban J connectivity index is 2.44. The summed E-state index contributed by atoms with van der Waals surface area (Å²) in [4.78, 5) is 30.0. The SMILES string of the molecule is COC(=O)CSc1nc(C(=O)O)nc2ccccc12. The average molecular weight is 278 g/mol. The Morgan fingerprint density at radius 2 is 2.05 bits per heavy atom. The van der Waals surface area contributed by atoms with Crippen molar-refractivity contribution in [3.05, 3.63) is 30.1 Å². The lowest BCUT2D eigenvalue weighted by Crippen LogP contribution is -2.07. The Bertz CT molecular complexity index is 645. The van der Waals surface area contributed by atoms with Gasteiger partial charge in [-0.15, -0.1) is 0 Å². The number of nitrogens with zero attached hydrogens (tertiary/aromatic N) is 2. The van der Waals surface area contributed by atoms with Crippen LogP contribution in [0.4, 0.5) is 0 Å². The molecule has 98 valence electrons. The lowest BCUT2D eigenvalue weighted by molar-refractivity contribution is -0.137. The molecule has 1 heterocycles. The number of para-hydroxylation sites is 1. The number of benzene rings is 1. The van der Waals surface area contributed by atoms with E-state index in [1.165, 1.54) is 7.11 Å². The van der Waals surface area contributed by atoms with E-state index in [0.717, 1.165) is 11.8 Å². The summed E-state index contributed by atoms with van der Waals surface area (Å²) in [5, 5.41) is 10.1. The predicted molar refractivity (Wildman–Crippen MR) is 69.2 cm³/mol. The molecule has 1 aromatic carbocycles. The maximum absolute atomic E-state index is 11.1. The number of hydrogen-bond acceptors (Lipinski definition) is 6. The molecule has 6 nitrogen and oxygen atoms in total. The molecule has 0 saturated heterocycles. The Morgan fingerprint density at radius 3 is 2.74 bits per heavy atom. The maximum atomic E-state index is 11.1. The zero-order valence-electron chi connectivity index (χ0n) is 9.99. The second kappa shape index (κ2) is 5.66. The molecule has 0 aliphatic carbocycles. The number of carboxylic acid groups (broad SMARTS) is 1. The van der Waals surface area contributed by atoms with Gasteiger partial charge in [-0.1, -0.05) is 30.0 Å². The number of hydrogen-bond donors (Lipinski definition) is 1. The van der Waals surface area contributed by atoms with Crippen molar-refractivity contribution in [2.45, 2.75) is 5.03 Å². The normalized spacial score (nSPS) is 10.4. The molecule has 2 aromatic rings. The standard InChI is InChI=1S/C12H10N2O4S/c1-18-9(15)6-19-11-7-4-2-3-5-8(7)13-10(14-11)12(16)17/h2-5H,6H2,1H3,(H,16,17). The Morgan fingerprint density at radius 1 is 1.32 bits per heavy atom. The van der Waals surface area contributed by atoms with E-state index in [1.54, 1.807) is 24.3 Å². The molecule has 0 saturated carbocycles. The molecular weight excluding hydrogens is 268 g/mol. The van der Waals surface area contributed by atoms with E-state index in [1.807, 2.05) is 0 Å². The topological polar surface area (TPSA) is 89.4 Å². The molecule has 0 spiro atoms. The van der Waals surface area contributed by atoms with E-state index in [2.05, 4.69) is 14.7 Å². The molecule has 0 fully saturated rings. The highest BCUT2D eigenvalue weighted by molar-refractivity contribution is 8.00. The summed E-state index contributed by atoms with van der Waals surface area (Å²) in [6.07, 6.45) is 0. The highest BCUT2D eigenvalue weighted by Crippen LogP contribution is 2.25. The first-order valence-electron chi connectivity index (χ1n) is 5.31. The summed E-state index contributed by atoms with van der Waals surface area (Å²) >= 11 is 1.13. The van der Waals surface area contributed by atoms with Crippen molar-refractivity contribution in [2.24, 2.45) is 0 Å². The molecule has 0 radical (unpaired) electrons. The number of thioether (sulfide) groups is 1. The van der Waals surface area contributed by atoms with Gasteiger partial charge in [-0.2, -0.15) is 0 Å². The van der Waals surface area contributed by atoms with Crippen molar-refractivity contribution in [1.82, 2.24) is 9.97 Å². The molecular formula is C12H10N2O4S. The van der Waals surface area contributed by atoms with Crippen molar-refractivity contribution < 1.29 is 19.4 Å². The number of rotatable bonds is 4. The summed E-state index contributed by atoms with van der Waals surface area (Å²) in [6.45, 7) is 0. The quantitative estimate of drug-likeness (QED) is 0.516. The molecule has 19 heavy (non-hydrogen) atoms. The van der Waals surface area contributed by atoms with Crippen molar-refractivity contribution in [3.8, 4) is 0 Å². The predicted octanol–water partition coefficient (Wildman–Crippen LogP) is 1.59. The monoisotopic (exact) mass is 278 g/mol. The van der Waals surface area contributed by atoms with E-state index in [-0.39, 0.29) is 11.6 Å². The van der Waals surface area contributed by atoms with Crippen LogP contribution in [0.2, 0.25) is 0 Å². The molecule has 7 heteroatoms. The summed E-state index contributed by atoms with van der Waals surface area (Å²) in [5.74, 6) is -1.82. The fourth-order valence-corrected chi connectivity index (χ4v) is 2.29. The van der Waals surface area contributed by atoms with Gasteiger partial charge in [-0.3, -0.25) is 4.79 Å². The van der Waals surface area contributed by atoms with E-state index < -0.39 is 11.9 Å². The smallest absolute Gasteiger partial charge is 0.373 e. The van der Waals surface area contributed by atoms with Crippen LogP contribution in [0.5, 0.6) is 0 Å². The minimum absolute atomic E-state index is 0.0660. The summed E-state index contributed by atoms with van der Waals surface area (Å²) in [6, 6.07) is 7.04. The number of aromatic nitrogens is 2. The largest absolute Gasteiger partial charge is 0.475 e. The number of methoxy groups -OCH3 is 1. The number of ether oxygens (including phenoxy) is 1. The van der Waals surface area contributed by atoms with Gasteiger partial charge in [0.15, 0.2) is 0 Å². The van der Waals surface area contributed by atoms with Crippen LogP contribution >= 0.6 is 11.8 Å². The van der Waals surface area contributed by atoms with Gasteiger partial charge in [0.2, 0.25) is 5.82 Å². The van der Waals surface area contributed by atoms with Crippen molar-refractivity contribution >= 4 is 34.6 Å². The maximum Gasteiger partial charge on any atom is 0.373 e.